The van der Waals surface area contributed by atoms with Gasteiger partial charge in [0.05, 0.1) is 79.3 Å². The maximum absolute atomic E-state index is 8.73. The van der Waals surface area contributed by atoms with Crippen LogP contribution in [-0.2, 0) is 28.4 Å². The van der Waals surface area contributed by atoms with E-state index in [9.17, 15) is 0 Å². The fourth-order valence-corrected chi connectivity index (χ4v) is 3.00. The second kappa shape index (κ2) is 30.7. The molecular formula is C24H50O8. The molecule has 32 heavy (non-hydrogen) atoms. The molecule has 0 atom stereocenters. The molecule has 0 fully saturated rings. The largest absolute Gasteiger partial charge is 0.396 e. The second-order valence-electron chi connectivity index (χ2n) is 7.66. The molecule has 0 aromatic rings. The summed E-state index contributed by atoms with van der Waals surface area (Å²) in [7, 11) is 0. The lowest BCUT2D eigenvalue weighted by Crippen LogP contribution is -2.14. The molecule has 0 bridgehead atoms. The standard InChI is InChI=1S/C24H50O8/c25-11-9-7-5-3-1-2-4-6-8-10-13-27-15-17-29-19-21-31-23-24-32-22-20-30-18-16-28-14-12-26/h25-26H,1-24H2. The third-order valence-corrected chi connectivity index (χ3v) is 4.79. The molecule has 194 valence electrons. The average Bonchev–Trinajstić information content (AvgIpc) is 2.81. The first kappa shape index (κ1) is 31.7. The van der Waals surface area contributed by atoms with Crippen LogP contribution in [0.2, 0.25) is 0 Å². The highest BCUT2D eigenvalue weighted by Gasteiger charge is 1.96. The number of rotatable bonds is 29. The summed E-state index contributed by atoms with van der Waals surface area (Å²) in [6, 6.07) is 0. The molecule has 2 N–H and O–H groups in total. The molecule has 0 aliphatic carbocycles. The molecule has 0 aliphatic heterocycles. The van der Waals surface area contributed by atoms with Crippen LogP contribution in [0.1, 0.15) is 64.2 Å². The third-order valence-electron chi connectivity index (χ3n) is 4.79. The normalized spacial score (nSPS) is 11.4. The van der Waals surface area contributed by atoms with Crippen LogP contribution in [0.5, 0.6) is 0 Å². The average molecular weight is 467 g/mol. The molecule has 0 saturated carbocycles. The Hall–Kier alpha value is -0.320. The van der Waals surface area contributed by atoms with E-state index in [1.807, 2.05) is 0 Å². The minimum Gasteiger partial charge on any atom is -0.396 e. The van der Waals surface area contributed by atoms with Crippen molar-refractivity contribution >= 4 is 0 Å². The maximum Gasteiger partial charge on any atom is 0.0701 e. The molecule has 0 aromatic heterocycles. The van der Waals surface area contributed by atoms with E-state index in [1.54, 1.807) is 0 Å². The zero-order chi connectivity index (χ0) is 23.2. The number of ether oxygens (including phenoxy) is 6. The summed E-state index contributed by atoms with van der Waals surface area (Å²) in [5, 5.41) is 17.3. The van der Waals surface area contributed by atoms with E-state index in [4.69, 9.17) is 38.6 Å². The van der Waals surface area contributed by atoms with Crippen molar-refractivity contribution in [2.45, 2.75) is 64.2 Å². The Labute approximate surface area is 195 Å². The Morgan fingerprint density at radius 3 is 0.875 bits per heavy atom. The zero-order valence-electron chi connectivity index (χ0n) is 20.3. The number of aliphatic hydroxyl groups is 2. The van der Waals surface area contributed by atoms with Crippen LogP contribution in [0, 0.1) is 0 Å². The number of unbranched alkanes of at least 4 members (excludes halogenated alkanes) is 9. The zero-order valence-corrected chi connectivity index (χ0v) is 20.3. The van der Waals surface area contributed by atoms with Crippen molar-refractivity contribution < 1.29 is 38.6 Å². The van der Waals surface area contributed by atoms with Gasteiger partial charge in [-0.2, -0.15) is 0 Å². The predicted molar refractivity (Wildman–Crippen MR) is 125 cm³/mol. The van der Waals surface area contributed by atoms with Gasteiger partial charge in [0, 0.05) is 13.2 Å². The highest BCUT2D eigenvalue weighted by atomic mass is 16.6. The Bertz CT molecular complexity index is 290. The number of aliphatic hydroxyl groups excluding tert-OH is 2. The molecule has 0 unspecified atom stereocenters. The van der Waals surface area contributed by atoms with Gasteiger partial charge in [-0.3, -0.25) is 0 Å². The number of hydrogen-bond donors (Lipinski definition) is 2. The molecule has 0 radical (unpaired) electrons. The number of hydrogen-bond acceptors (Lipinski definition) is 8. The molecular weight excluding hydrogens is 416 g/mol. The first-order chi connectivity index (χ1) is 15.9. The molecule has 0 aromatic carbocycles. The lowest BCUT2D eigenvalue weighted by Gasteiger charge is -2.08. The van der Waals surface area contributed by atoms with Gasteiger partial charge in [-0.1, -0.05) is 51.4 Å². The smallest absolute Gasteiger partial charge is 0.0701 e. The van der Waals surface area contributed by atoms with Gasteiger partial charge in [-0.15, -0.1) is 0 Å². The van der Waals surface area contributed by atoms with Gasteiger partial charge in [-0.25, -0.2) is 0 Å². The van der Waals surface area contributed by atoms with E-state index in [0.29, 0.717) is 79.3 Å². The van der Waals surface area contributed by atoms with Crippen LogP contribution < -0.4 is 0 Å². The fraction of sp³-hybridized carbons (Fsp3) is 1.00. The van der Waals surface area contributed by atoms with E-state index in [2.05, 4.69) is 0 Å². The van der Waals surface area contributed by atoms with Gasteiger partial charge in [0.1, 0.15) is 0 Å². The van der Waals surface area contributed by atoms with Gasteiger partial charge in [-0.05, 0) is 12.8 Å². The summed E-state index contributed by atoms with van der Waals surface area (Å²) in [4.78, 5) is 0. The van der Waals surface area contributed by atoms with Crippen LogP contribution in [0.3, 0.4) is 0 Å². The summed E-state index contributed by atoms with van der Waals surface area (Å²) >= 11 is 0. The molecule has 0 saturated heterocycles. The minimum absolute atomic E-state index is 0.0389. The van der Waals surface area contributed by atoms with E-state index in [-0.39, 0.29) is 6.61 Å². The molecule has 8 heteroatoms. The monoisotopic (exact) mass is 466 g/mol. The van der Waals surface area contributed by atoms with Crippen molar-refractivity contribution in [2.24, 2.45) is 0 Å². The van der Waals surface area contributed by atoms with Crippen molar-refractivity contribution in [1.29, 1.82) is 0 Å². The predicted octanol–water partition coefficient (Wildman–Crippen LogP) is 2.97. The Morgan fingerprint density at radius 1 is 0.250 bits per heavy atom. The topological polar surface area (TPSA) is 95.8 Å². The first-order valence-corrected chi connectivity index (χ1v) is 12.6. The molecule has 0 spiro atoms. The van der Waals surface area contributed by atoms with Crippen molar-refractivity contribution in [3.8, 4) is 0 Å². The van der Waals surface area contributed by atoms with Gasteiger partial charge in [0.25, 0.3) is 0 Å². The van der Waals surface area contributed by atoms with Crippen molar-refractivity contribution in [3.63, 3.8) is 0 Å². The van der Waals surface area contributed by atoms with Gasteiger partial charge in [0.15, 0.2) is 0 Å². The first-order valence-electron chi connectivity index (χ1n) is 12.6. The van der Waals surface area contributed by atoms with Crippen molar-refractivity contribution in [2.75, 3.05) is 92.5 Å². The van der Waals surface area contributed by atoms with E-state index >= 15 is 0 Å². The Balaban J connectivity index is 2.98. The summed E-state index contributed by atoms with van der Waals surface area (Å²) < 4.78 is 32.3. The third kappa shape index (κ3) is 29.7. The highest BCUT2D eigenvalue weighted by molar-refractivity contribution is 4.48. The fourth-order valence-electron chi connectivity index (χ4n) is 3.00. The lowest BCUT2D eigenvalue weighted by atomic mass is 10.1. The van der Waals surface area contributed by atoms with E-state index < -0.39 is 0 Å². The van der Waals surface area contributed by atoms with Gasteiger partial charge in [0.2, 0.25) is 0 Å². The summed E-state index contributed by atoms with van der Waals surface area (Å²) in [5.41, 5.74) is 0. The van der Waals surface area contributed by atoms with Crippen LogP contribution in [-0.4, -0.2) is 103 Å². The van der Waals surface area contributed by atoms with Crippen LogP contribution in [0.4, 0.5) is 0 Å². The Kier molecular flexibility index (Phi) is 30.4. The Morgan fingerprint density at radius 2 is 0.531 bits per heavy atom. The molecule has 0 amide bonds. The van der Waals surface area contributed by atoms with Crippen LogP contribution >= 0.6 is 0 Å². The van der Waals surface area contributed by atoms with Crippen LogP contribution in [0.15, 0.2) is 0 Å². The van der Waals surface area contributed by atoms with Crippen LogP contribution in [0.25, 0.3) is 0 Å². The van der Waals surface area contributed by atoms with Crippen molar-refractivity contribution in [3.05, 3.63) is 0 Å². The van der Waals surface area contributed by atoms with Crippen molar-refractivity contribution in [1.82, 2.24) is 0 Å². The molecule has 0 aliphatic rings. The summed E-state index contributed by atoms with van der Waals surface area (Å²) in [6.45, 7) is 7.06. The SMILES string of the molecule is OCCCCCCCCCCCCOCCOCCOCCOCCOCCOCCO. The minimum atomic E-state index is 0.0389. The second-order valence-corrected chi connectivity index (χ2v) is 7.66. The molecule has 8 nitrogen and oxygen atoms in total. The van der Waals surface area contributed by atoms with E-state index in [0.717, 1.165) is 19.4 Å². The van der Waals surface area contributed by atoms with E-state index in [1.165, 1.54) is 51.4 Å². The lowest BCUT2D eigenvalue weighted by molar-refractivity contribution is -0.0182. The highest BCUT2D eigenvalue weighted by Crippen LogP contribution is 2.10. The summed E-state index contributed by atoms with van der Waals surface area (Å²) in [5.74, 6) is 0. The van der Waals surface area contributed by atoms with Gasteiger partial charge < -0.3 is 38.6 Å². The maximum atomic E-state index is 8.73. The molecule has 0 rings (SSSR count). The molecule has 0 heterocycles. The quantitative estimate of drug-likeness (QED) is 0.163. The summed E-state index contributed by atoms with van der Waals surface area (Å²) in [6.07, 6.45) is 12.3. The van der Waals surface area contributed by atoms with Gasteiger partial charge >= 0.3 is 0 Å².